The smallest absolute Gasteiger partial charge is 0.504 e. The highest BCUT2D eigenvalue weighted by atomic mass is 32.1. The van der Waals surface area contributed by atoms with Crippen molar-refractivity contribution in [2.75, 3.05) is 0 Å². The van der Waals surface area contributed by atoms with Crippen molar-refractivity contribution < 1.29 is 13.3 Å². The maximum atomic E-state index is 13.6. The Kier molecular flexibility index (Phi) is 5.33. The lowest BCUT2D eigenvalue weighted by molar-refractivity contribution is 0.414. The molecule has 0 aliphatic rings. The van der Waals surface area contributed by atoms with E-state index in [1.165, 1.54) is 0 Å². The second-order valence-electron chi connectivity index (χ2n) is 9.92. The first kappa shape index (κ1) is 21.8. The number of hydrogen-bond donors (Lipinski definition) is 0. The Balaban J connectivity index is 2.15. The van der Waals surface area contributed by atoms with Crippen molar-refractivity contribution in [3.05, 3.63) is 59.0 Å². The molecule has 0 radical (unpaired) electrons. The van der Waals surface area contributed by atoms with Crippen LogP contribution in [0.4, 0.5) is 8.63 Å². The second kappa shape index (κ2) is 7.59. The van der Waals surface area contributed by atoms with Crippen LogP contribution in [0.2, 0.25) is 0 Å². The lowest BCUT2D eigenvalue weighted by atomic mass is 9.78. The molecule has 6 heteroatoms. The predicted octanol–water partition coefficient (Wildman–Crippen LogP) is 8.01. The fraction of sp³-hybridized carbons (Fsp3) is 0.320. The standard InChI is InChI=1S/C25H26BF2NOS/c1-24(2,3)15-13-18(22(30-26(27)28)19(14-15)25(4,5)6)21-23-17(11-12-31-23)16-9-7-8-10-20(16)29-21/h7-14H,1-6H3. The summed E-state index contributed by atoms with van der Waals surface area (Å²) in [6.45, 7) is 12.4. The first-order valence-electron chi connectivity index (χ1n) is 10.4. The molecule has 0 bridgehead atoms. The number of halogens is 2. The molecule has 4 rings (SSSR count). The van der Waals surface area contributed by atoms with Gasteiger partial charge in [0.2, 0.25) is 0 Å². The van der Waals surface area contributed by atoms with E-state index >= 15 is 0 Å². The van der Waals surface area contributed by atoms with Crippen LogP contribution in [-0.4, -0.2) is 12.5 Å². The van der Waals surface area contributed by atoms with E-state index in [4.69, 9.17) is 9.64 Å². The summed E-state index contributed by atoms with van der Waals surface area (Å²) in [5.74, 6) is 0.216. The van der Waals surface area contributed by atoms with Gasteiger partial charge in [-0.05, 0) is 45.5 Å². The number of para-hydroxylation sites is 1. The van der Waals surface area contributed by atoms with Crippen molar-refractivity contribution >= 4 is 39.8 Å². The molecule has 0 fully saturated rings. The predicted molar refractivity (Wildman–Crippen MR) is 129 cm³/mol. The van der Waals surface area contributed by atoms with Crippen molar-refractivity contribution in [1.82, 2.24) is 4.98 Å². The minimum Gasteiger partial charge on any atom is -0.504 e. The van der Waals surface area contributed by atoms with Crippen molar-refractivity contribution in [1.29, 1.82) is 0 Å². The topological polar surface area (TPSA) is 22.1 Å². The third kappa shape index (κ3) is 4.06. The lowest BCUT2D eigenvalue weighted by Gasteiger charge is -2.29. The van der Waals surface area contributed by atoms with Crippen molar-refractivity contribution in [3.8, 4) is 17.0 Å². The van der Waals surface area contributed by atoms with Crippen LogP contribution in [0.3, 0.4) is 0 Å². The molecule has 0 spiro atoms. The van der Waals surface area contributed by atoms with E-state index < -0.39 is 7.47 Å². The van der Waals surface area contributed by atoms with E-state index in [9.17, 15) is 8.63 Å². The number of fused-ring (bicyclic) bond motifs is 3. The number of thiophene rings is 1. The third-order valence-electron chi connectivity index (χ3n) is 5.53. The van der Waals surface area contributed by atoms with E-state index in [-0.39, 0.29) is 16.6 Å². The highest BCUT2D eigenvalue weighted by Gasteiger charge is 2.31. The molecule has 2 nitrogen and oxygen atoms in total. The average molecular weight is 437 g/mol. The van der Waals surface area contributed by atoms with Crippen LogP contribution < -0.4 is 4.65 Å². The molecule has 0 aliphatic heterocycles. The fourth-order valence-electron chi connectivity index (χ4n) is 3.87. The van der Waals surface area contributed by atoms with Gasteiger partial charge < -0.3 is 4.65 Å². The van der Waals surface area contributed by atoms with E-state index in [0.29, 0.717) is 11.3 Å². The highest BCUT2D eigenvalue weighted by Crippen LogP contribution is 2.46. The van der Waals surface area contributed by atoms with Crippen LogP contribution >= 0.6 is 11.3 Å². The molecular weight excluding hydrogens is 411 g/mol. The van der Waals surface area contributed by atoms with Crippen LogP contribution in [0.15, 0.2) is 47.8 Å². The molecule has 0 saturated carbocycles. The number of nitrogens with zero attached hydrogens (tertiary/aromatic N) is 1. The summed E-state index contributed by atoms with van der Waals surface area (Å²) >= 11 is 1.57. The van der Waals surface area contributed by atoms with Gasteiger partial charge in [0.25, 0.3) is 0 Å². The summed E-state index contributed by atoms with van der Waals surface area (Å²) in [6.07, 6.45) is 0. The van der Waals surface area contributed by atoms with Gasteiger partial charge in [0, 0.05) is 16.3 Å². The quantitative estimate of drug-likeness (QED) is 0.303. The van der Waals surface area contributed by atoms with E-state index in [2.05, 4.69) is 26.8 Å². The van der Waals surface area contributed by atoms with Crippen LogP contribution in [0.25, 0.3) is 32.2 Å². The maximum absolute atomic E-state index is 13.6. The monoisotopic (exact) mass is 437 g/mol. The Hall–Kier alpha value is -2.47. The Labute approximate surface area is 186 Å². The molecule has 2 heterocycles. The van der Waals surface area contributed by atoms with Gasteiger partial charge in [0.1, 0.15) is 5.75 Å². The van der Waals surface area contributed by atoms with Crippen LogP contribution in [-0.2, 0) is 10.8 Å². The summed E-state index contributed by atoms with van der Waals surface area (Å²) in [6, 6.07) is 14.0. The SMILES string of the molecule is CC(C)(C)c1cc(-c2nc3ccccc3c3ccsc23)c(OB(F)F)c(C(C)(C)C)c1. The van der Waals surface area contributed by atoms with Crippen LogP contribution in [0.1, 0.15) is 52.7 Å². The Bertz CT molecular complexity index is 1270. The molecule has 0 amide bonds. The number of hydrogen-bond acceptors (Lipinski definition) is 3. The first-order chi connectivity index (χ1) is 14.5. The summed E-state index contributed by atoms with van der Waals surface area (Å²) in [5.41, 5.74) is 3.43. The third-order valence-corrected chi connectivity index (χ3v) is 6.45. The molecule has 4 aromatic rings. The maximum Gasteiger partial charge on any atom is 0.796 e. The molecule has 0 atom stereocenters. The molecule has 160 valence electrons. The van der Waals surface area contributed by atoms with Crippen LogP contribution in [0, 0.1) is 0 Å². The Morgan fingerprint density at radius 2 is 1.61 bits per heavy atom. The molecular formula is C25H26BF2NOS. The molecule has 2 aromatic carbocycles. The van der Waals surface area contributed by atoms with Gasteiger partial charge in [0.15, 0.2) is 0 Å². The van der Waals surface area contributed by atoms with Gasteiger partial charge in [-0.2, -0.15) is 0 Å². The fourth-order valence-corrected chi connectivity index (χ4v) is 4.78. The Morgan fingerprint density at radius 3 is 2.26 bits per heavy atom. The molecule has 31 heavy (non-hydrogen) atoms. The number of benzene rings is 2. The van der Waals surface area contributed by atoms with Gasteiger partial charge in [0.05, 0.1) is 15.9 Å². The summed E-state index contributed by atoms with van der Waals surface area (Å²) in [7, 11) is -2.92. The number of aromatic nitrogens is 1. The molecule has 0 unspecified atom stereocenters. The molecule has 0 aliphatic carbocycles. The molecule has 2 aromatic heterocycles. The summed E-state index contributed by atoms with van der Waals surface area (Å²) in [5, 5.41) is 4.16. The molecule has 0 saturated heterocycles. The van der Waals surface area contributed by atoms with E-state index in [1.54, 1.807) is 11.3 Å². The van der Waals surface area contributed by atoms with E-state index in [1.807, 2.05) is 62.5 Å². The summed E-state index contributed by atoms with van der Waals surface area (Å²) in [4.78, 5) is 4.95. The summed E-state index contributed by atoms with van der Waals surface area (Å²) < 4.78 is 33.3. The van der Waals surface area contributed by atoms with E-state index in [0.717, 1.165) is 32.1 Å². The van der Waals surface area contributed by atoms with Gasteiger partial charge >= 0.3 is 7.47 Å². The first-order valence-corrected chi connectivity index (χ1v) is 11.2. The minimum atomic E-state index is -2.92. The number of pyridine rings is 1. The minimum absolute atomic E-state index is 0.163. The zero-order valence-corrected chi connectivity index (χ0v) is 19.5. The highest BCUT2D eigenvalue weighted by molar-refractivity contribution is 7.18. The normalized spacial score (nSPS) is 12.5. The largest absolute Gasteiger partial charge is 0.796 e. The van der Waals surface area contributed by atoms with Gasteiger partial charge in [-0.15, -0.1) is 11.3 Å². The Morgan fingerprint density at radius 1 is 0.903 bits per heavy atom. The average Bonchev–Trinajstić information content (AvgIpc) is 3.15. The zero-order valence-electron chi connectivity index (χ0n) is 18.7. The van der Waals surface area contributed by atoms with Gasteiger partial charge in [-0.3, -0.25) is 0 Å². The lowest BCUT2D eigenvalue weighted by Crippen LogP contribution is -2.21. The number of rotatable bonds is 3. The van der Waals surface area contributed by atoms with Crippen molar-refractivity contribution in [3.63, 3.8) is 0 Å². The van der Waals surface area contributed by atoms with Crippen molar-refractivity contribution in [2.24, 2.45) is 0 Å². The van der Waals surface area contributed by atoms with Gasteiger partial charge in [-0.25, -0.2) is 13.6 Å². The van der Waals surface area contributed by atoms with Gasteiger partial charge in [-0.1, -0.05) is 65.8 Å². The molecule has 0 N–H and O–H groups in total. The second-order valence-corrected chi connectivity index (χ2v) is 10.8. The van der Waals surface area contributed by atoms with Crippen molar-refractivity contribution in [2.45, 2.75) is 52.4 Å². The zero-order chi connectivity index (χ0) is 22.6. The van der Waals surface area contributed by atoms with Crippen LogP contribution in [0.5, 0.6) is 5.75 Å².